The number of carbonyl (C=O) groups excluding carboxylic acids is 2. The molecular weight excluding hydrogens is 280 g/mol. The molecule has 3 rings (SSSR count). The number of ether oxygens (including phenoxy) is 2. The van der Waals surface area contributed by atoms with Gasteiger partial charge in [0, 0.05) is 11.5 Å². The number of allylic oxidation sites excluding steroid dienone is 3. The number of ketones is 1. The second kappa shape index (κ2) is 6.18. The molecule has 0 saturated heterocycles. The van der Waals surface area contributed by atoms with Gasteiger partial charge in [-0.3, -0.25) is 9.59 Å². The minimum absolute atomic E-state index is 0.0633. The number of methoxy groups -OCH3 is 1. The van der Waals surface area contributed by atoms with Gasteiger partial charge in [0.25, 0.3) is 0 Å². The van der Waals surface area contributed by atoms with Gasteiger partial charge >= 0.3 is 5.97 Å². The van der Waals surface area contributed by atoms with Gasteiger partial charge in [-0.2, -0.15) is 0 Å². The lowest BCUT2D eigenvalue weighted by Gasteiger charge is -2.31. The van der Waals surface area contributed by atoms with Crippen LogP contribution in [0.1, 0.15) is 30.9 Å². The molecule has 4 heteroatoms. The molecule has 0 aromatic heterocycles. The van der Waals surface area contributed by atoms with E-state index in [0.29, 0.717) is 24.2 Å². The van der Waals surface area contributed by atoms with E-state index < -0.39 is 0 Å². The molecule has 1 aliphatic carbocycles. The average molecular weight is 298 g/mol. The minimum Gasteiger partial charge on any atom is -0.485 e. The number of hydrogen-bond acceptors (Lipinski definition) is 4. The highest BCUT2D eigenvalue weighted by Crippen LogP contribution is 2.39. The Hall–Kier alpha value is -2.36. The highest BCUT2D eigenvalue weighted by Gasteiger charge is 2.35. The van der Waals surface area contributed by atoms with Gasteiger partial charge < -0.3 is 9.47 Å². The lowest BCUT2D eigenvalue weighted by atomic mass is 9.82. The monoisotopic (exact) mass is 298 g/mol. The van der Waals surface area contributed by atoms with Crippen LogP contribution >= 0.6 is 0 Å². The SMILES string of the molecule is COC(=O)C[C@@H]1CC=CC2=C1C(=O)C[C@@H](c1ccccc1)O2. The van der Waals surface area contributed by atoms with Crippen LogP contribution < -0.4 is 0 Å². The van der Waals surface area contributed by atoms with Crippen LogP contribution in [0.15, 0.2) is 53.8 Å². The van der Waals surface area contributed by atoms with Gasteiger partial charge in [-0.25, -0.2) is 0 Å². The maximum absolute atomic E-state index is 12.6. The molecule has 0 spiro atoms. The maximum Gasteiger partial charge on any atom is 0.306 e. The Morgan fingerprint density at radius 2 is 2.09 bits per heavy atom. The topological polar surface area (TPSA) is 52.6 Å². The Morgan fingerprint density at radius 1 is 1.32 bits per heavy atom. The molecule has 1 aromatic carbocycles. The number of esters is 1. The van der Waals surface area contributed by atoms with Gasteiger partial charge in [0.1, 0.15) is 11.9 Å². The molecule has 114 valence electrons. The van der Waals surface area contributed by atoms with Gasteiger partial charge in [0.15, 0.2) is 5.78 Å². The van der Waals surface area contributed by atoms with E-state index >= 15 is 0 Å². The van der Waals surface area contributed by atoms with Crippen LogP contribution in [-0.4, -0.2) is 18.9 Å². The van der Waals surface area contributed by atoms with Gasteiger partial charge in [-0.1, -0.05) is 36.4 Å². The summed E-state index contributed by atoms with van der Waals surface area (Å²) < 4.78 is 10.7. The lowest BCUT2D eigenvalue weighted by Crippen LogP contribution is -2.27. The van der Waals surface area contributed by atoms with Crippen LogP contribution in [0.25, 0.3) is 0 Å². The van der Waals surface area contributed by atoms with Crippen molar-refractivity contribution in [2.24, 2.45) is 5.92 Å². The Bertz CT molecular complexity index is 642. The van der Waals surface area contributed by atoms with E-state index in [4.69, 9.17) is 9.47 Å². The summed E-state index contributed by atoms with van der Waals surface area (Å²) in [6.45, 7) is 0. The number of Topliss-reactive ketones (excluding diaryl/α,β-unsaturated/α-hetero) is 1. The molecule has 2 aliphatic rings. The summed E-state index contributed by atoms with van der Waals surface area (Å²) in [6.07, 6.45) is 4.73. The first-order valence-electron chi connectivity index (χ1n) is 7.41. The molecule has 1 aliphatic heterocycles. The maximum atomic E-state index is 12.6. The molecule has 0 unspecified atom stereocenters. The van der Waals surface area contributed by atoms with Gasteiger partial charge in [0.2, 0.25) is 0 Å². The number of benzene rings is 1. The fraction of sp³-hybridized carbons (Fsp3) is 0.333. The predicted octanol–water partition coefficient (Wildman–Crippen LogP) is 3.11. The van der Waals surface area contributed by atoms with E-state index in [1.165, 1.54) is 7.11 Å². The van der Waals surface area contributed by atoms with Crippen molar-refractivity contribution in [2.45, 2.75) is 25.4 Å². The van der Waals surface area contributed by atoms with Crippen molar-refractivity contribution < 1.29 is 19.1 Å². The van der Waals surface area contributed by atoms with Gasteiger partial charge in [-0.05, 0) is 18.1 Å². The second-order valence-electron chi connectivity index (χ2n) is 5.54. The van der Waals surface area contributed by atoms with E-state index in [0.717, 1.165) is 5.56 Å². The van der Waals surface area contributed by atoms with E-state index in [1.54, 1.807) is 0 Å². The standard InChI is InChI=1S/C18H18O4/c1-21-17(20)10-13-8-5-9-15-18(13)14(19)11-16(22-15)12-6-3-2-4-7-12/h2-7,9,13,16H,8,10-11H2,1H3/t13-,16-/m0/s1. The third-order valence-corrected chi connectivity index (χ3v) is 4.12. The predicted molar refractivity (Wildman–Crippen MR) is 80.8 cm³/mol. The molecule has 4 nitrogen and oxygen atoms in total. The highest BCUT2D eigenvalue weighted by molar-refractivity contribution is 5.98. The Labute approximate surface area is 129 Å². The van der Waals surface area contributed by atoms with Crippen molar-refractivity contribution >= 4 is 11.8 Å². The fourth-order valence-electron chi connectivity index (χ4n) is 3.01. The Morgan fingerprint density at radius 3 is 2.82 bits per heavy atom. The van der Waals surface area contributed by atoms with Crippen LogP contribution in [0.2, 0.25) is 0 Å². The quantitative estimate of drug-likeness (QED) is 0.805. The Balaban J connectivity index is 1.85. The third-order valence-electron chi connectivity index (χ3n) is 4.12. The minimum atomic E-state index is -0.301. The number of carbonyl (C=O) groups is 2. The summed E-state index contributed by atoms with van der Waals surface area (Å²) in [6, 6.07) is 9.73. The van der Waals surface area contributed by atoms with Crippen LogP contribution in [0.3, 0.4) is 0 Å². The van der Waals surface area contributed by atoms with Crippen LogP contribution in [0, 0.1) is 5.92 Å². The first kappa shape index (κ1) is 14.6. The molecule has 22 heavy (non-hydrogen) atoms. The van der Waals surface area contributed by atoms with Crippen molar-refractivity contribution in [3.8, 4) is 0 Å². The molecule has 0 N–H and O–H groups in total. The van der Waals surface area contributed by atoms with Crippen molar-refractivity contribution in [1.29, 1.82) is 0 Å². The molecule has 0 fully saturated rings. The Kier molecular flexibility index (Phi) is 4.09. The number of rotatable bonds is 3. The smallest absolute Gasteiger partial charge is 0.306 e. The van der Waals surface area contributed by atoms with Crippen molar-refractivity contribution in [2.75, 3.05) is 7.11 Å². The average Bonchev–Trinajstić information content (AvgIpc) is 2.55. The molecule has 2 atom stereocenters. The van der Waals surface area contributed by atoms with E-state index in [9.17, 15) is 9.59 Å². The first-order chi connectivity index (χ1) is 10.7. The molecule has 0 saturated carbocycles. The van der Waals surface area contributed by atoms with Crippen LogP contribution in [-0.2, 0) is 19.1 Å². The summed E-state index contributed by atoms with van der Waals surface area (Å²) in [7, 11) is 1.36. The molecule has 1 aromatic rings. The summed E-state index contributed by atoms with van der Waals surface area (Å²) in [4.78, 5) is 24.1. The number of hydrogen-bond donors (Lipinski definition) is 0. The van der Waals surface area contributed by atoms with Crippen molar-refractivity contribution in [1.82, 2.24) is 0 Å². The van der Waals surface area contributed by atoms with Gasteiger partial charge in [0.05, 0.1) is 20.0 Å². The molecule has 0 bridgehead atoms. The third kappa shape index (κ3) is 2.82. The normalized spacial score (nSPS) is 23.8. The molecule has 0 amide bonds. The summed E-state index contributed by atoms with van der Waals surface area (Å²) in [5, 5.41) is 0. The second-order valence-corrected chi connectivity index (χ2v) is 5.54. The van der Waals surface area contributed by atoms with Crippen molar-refractivity contribution in [3.05, 3.63) is 59.4 Å². The largest absolute Gasteiger partial charge is 0.485 e. The molecular formula is C18H18O4. The zero-order valence-corrected chi connectivity index (χ0v) is 12.5. The first-order valence-corrected chi connectivity index (χ1v) is 7.41. The van der Waals surface area contributed by atoms with E-state index in [2.05, 4.69) is 0 Å². The summed E-state index contributed by atoms with van der Waals surface area (Å²) in [5.74, 6) is 0.223. The van der Waals surface area contributed by atoms with Gasteiger partial charge in [-0.15, -0.1) is 0 Å². The fourth-order valence-corrected chi connectivity index (χ4v) is 3.01. The van der Waals surface area contributed by atoms with E-state index in [1.807, 2.05) is 42.5 Å². The highest BCUT2D eigenvalue weighted by atomic mass is 16.5. The lowest BCUT2D eigenvalue weighted by molar-refractivity contribution is -0.141. The zero-order chi connectivity index (χ0) is 15.5. The molecule has 1 heterocycles. The zero-order valence-electron chi connectivity index (χ0n) is 12.5. The summed E-state index contributed by atoms with van der Waals surface area (Å²) >= 11 is 0. The van der Waals surface area contributed by atoms with Crippen molar-refractivity contribution in [3.63, 3.8) is 0 Å². The summed E-state index contributed by atoms with van der Waals surface area (Å²) in [5.41, 5.74) is 1.63. The van der Waals surface area contributed by atoms with Crippen LogP contribution in [0.5, 0.6) is 0 Å². The van der Waals surface area contributed by atoms with Crippen LogP contribution in [0.4, 0.5) is 0 Å². The molecule has 0 radical (unpaired) electrons. The van der Waals surface area contributed by atoms with E-state index in [-0.39, 0.29) is 30.2 Å².